The van der Waals surface area contributed by atoms with E-state index in [1.165, 1.54) is 26.8 Å². The fraction of sp³-hybridized carbons (Fsp3) is 0.125. The van der Waals surface area contributed by atoms with Crippen molar-refractivity contribution < 1.29 is 25.8 Å². The van der Waals surface area contributed by atoms with Crippen LogP contribution >= 0.6 is 0 Å². The maximum atomic E-state index is 6.09. The zero-order chi connectivity index (χ0) is 26.2. The summed E-state index contributed by atoms with van der Waals surface area (Å²) in [4.78, 5) is 13.4. The van der Waals surface area contributed by atoms with Gasteiger partial charge in [0.25, 0.3) is 0 Å². The predicted molar refractivity (Wildman–Crippen MR) is 157 cm³/mol. The zero-order valence-electron chi connectivity index (χ0n) is 22.1. The molecule has 5 nitrogen and oxygen atoms in total. The molecule has 0 amide bonds. The molecule has 7 heteroatoms. The van der Waals surface area contributed by atoms with Crippen molar-refractivity contribution in [3.05, 3.63) is 103 Å². The van der Waals surface area contributed by atoms with Crippen molar-refractivity contribution in [2.24, 2.45) is 0 Å². The van der Waals surface area contributed by atoms with E-state index in [1.807, 2.05) is 49.5 Å². The van der Waals surface area contributed by atoms with Gasteiger partial charge in [-0.2, -0.15) is 0 Å². The molecule has 196 valence electrons. The first-order valence-corrected chi connectivity index (χ1v) is 17.6. The number of fused-ring (bicyclic) bond motifs is 3. The summed E-state index contributed by atoms with van der Waals surface area (Å²) in [5, 5.41) is 0. The Morgan fingerprint density at radius 3 is 2.21 bits per heavy atom. The minimum Gasteiger partial charge on any atom is 2.00 e. The van der Waals surface area contributed by atoms with Crippen molar-refractivity contribution >= 4 is 43.1 Å². The van der Waals surface area contributed by atoms with Gasteiger partial charge in [-0.1, -0.05) is 0 Å². The number of aromatic nitrogens is 2. The Kier molecular flexibility index (Phi) is 8.16. The van der Waals surface area contributed by atoms with Crippen molar-refractivity contribution in [1.82, 2.24) is 9.97 Å². The van der Waals surface area contributed by atoms with Crippen molar-refractivity contribution in [3.63, 3.8) is 0 Å². The number of hydrogen-bond acceptors (Lipinski definition) is 5. The predicted octanol–water partition coefficient (Wildman–Crippen LogP) is 4.16. The molecular formula is C32H27BiN4OPt. The largest absolute Gasteiger partial charge is 2.00 e. The summed E-state index contributed by atoms with van der Waals surface area (Å²) in [6.45, 7) is 0. The van der Waals surface area contributed by atoms with E-state index in [1.54, 1.807) is 6.20 Å². The standard InChI is InChI=1S/C25H18N2O.C7H9N2.Bi.Pt/c1-27(2)23-15-16-26-25(18-23)28-24-10-6-9-22(17-24)21-13-11-20(12-14-21)19-7-4-3-5-8-19;1-9(2)7-3-5-8-6-4-7;;/h3-7,9-11,13,15-16,18H,1-2H3;3-5H,1-2H3;;/q-2;;;+2. The van der Waals surface area contributed by atoms with Gasteiger partial charge in [0.15, 0.2) is 0 Å². The van der Waals surface area contributed by atoms with Crippen LogP contribution < -0.4 is 24.5 Å². The van der Waals surface area contributed by atoms with Crippen LogP contribution in [0.5, 0.6) is 11.6 Å². The molecule has 0 N–H and O–H groups in total. The van der Waals surface area contributed by atoms with Gasteiger partial charge >= 0.3 is 254 Å². The molecule has 0 aliphatic carbocycles. The van der Waals surface area contributed by atoms with Gasteiger partial charge in [-0.15, -0.1) is 0 Å². The van der Waals surface area contributed by atoms with Crippen LogP contribution in [0.1, 0.15) is 0 Å². The van der Waals surface area contributed by atoms with Crippen molar-refractivity contribution in [2.75, 3.05) is 38.0 Å². The van der Waals surface area contributed by atoms with Gasteiger partial charge in [-0.25, -0.2) is 0 Å². The first-order valence-electron chi connectivity index (χ1n) is 12.4. The van der Waals surface area contributed by atoms with Gasteiger partial charge < -0.3 is 0 Å². The van der Waals surface area contributed by atoms with Gasteiger partial charge in [0, 0.05) is 0 Å². The number of pyridine rings is 2. The molecule has 0 unspecified atom stereocenters. The molecule has 0 atom stereocenters. The Labute approximate surface area is 252 Å². The average Bonchev–Trinajstić information content (AvgIpc) is 3.27. The molecule has 6 rings (SSSR count). The van der Waals surface area contributed by atoms with Crippen molar-refractivity contribution in [3.8, 4) is 33.9 Å². The maximum absolute atomic E-state index is 6.09. The Balaban J connectivity index is 0.00000308. The summed E-state index contributed by atoms with van der Waals surface area (Å²) in [5.41, 5.74) is 6.79. The van der Waals surface area contributed by atoms with Crippen LogP contribution in [0, 0.1) is 12.1 Å². The maximum Gasteiger partial charge on any atom is 2.00 e. The van der Waals surface area contributed by atoms with Crippen molar-refractivity contribution in [2.45, 2.75) is 0 Å². The summed E-state index contributed by atoms with van der Waals surface area (Å²) < 4.78 is 10.1. The fourth-order valence-electron chi connectivity index (χ4n) is 4.61. The molecule has 1 aliphatic rings. The van der Waals surface area contributed by atoms with E-state index >= 15 is 0 Å². The summed E-state index contributed by atoms with van der Waals surface area (Å²) >= 11 is -2.64. The minimum absolute atomic E-state index is 0. The number of benzene rings is 3. The van der Waals surface area contributed by atoms with Crippen LogP contribution in [0.3, 0.4) is 0 Å². The monoisotopic (exact) mass is 887 g/mol. The first-order chi connectivity index (χ1) is 18.5. The summed E-state index contributed by atoms with van der Waals surface area (Å²) in [6.07, 6.45) is 3.70. The Morgan fingerprint density at radius 2 is 1.41 bits per heavy atom. The van der Waals surface area contributed by atoms with Crippen molar-refractivity contribution in [1.29, 1.82) is 0 Å². The van der Waals surface area contributed by atoms with E-state index in [0.29, 0.717) is 11.6 Å². The van der Waals surface area contributed by atoms with Crippen LogP contribution in [-0.4, -0.2) is 59.9 Å². The Bertz CT molecular complexity index is 1640. The third-order valence-corrected chi connectivity index (χ3v) is 15.8. The quantitative estimate of drug-likeness (QED) is 0.186. The third-order valence-electron chi connectivity index (χ3n) is 6.57. The second kappa shape index (κ2) is 11.6. The normalized spacial score (nSPS) is 11.8. The van der Waals surface area contributed by atoms with Gasteiger partial charge in [-0.3, -0.25) is 0 Å². The number of rotatable bonds is 6. The Hall–Kier alpha value is -3.07. The number of ether oxygens (including phenoxy) is 1. The smallest absolute Gasteiger partial charge is 2.00 e. The minimum atomic E-state index is -2.64. The topological polar surface area (TPSA) is 41.5 Å². The average molecular weight is 888 g/mol. The van der Waals surface area contributed by atoms with Gasteiger partial charge in [-0.05, 0) is 0 Å². The Morgan fingerprint density at radius 1 is 0.692 bits per heavy atom. The fourth-order valence-corrected chi connectivity index (χ4v) is 14.3. The number of anilines is 2. The molecule has 0 saturated heterocycles. The number of hydrogen-bond donors (Lipinski definition) is 0. The van der Waals surface area contributed by atoms with E-state index in [-0.39, 0.29) is 21.1 Å². The molecule has 3 aromatic carbocycles. The summed E-state index contributed by atoms with van der Waals surface area (Å²) in [5.74, 6) is 1.17. The molecule has 39 heavy (non-hydrogen) atoms. The summed E-state index contributed by atoms with van der Waals surface area (Å²) in [7, 11) is 8.15. The second-order valence-corrected chi connectivity index (χ2v) is 17.5. The molecule has 2 aromatic heterocycles. The summed E-state index contributed by atoms with van der Waals surface area (Å²) in [6, 6.07) is 34.6. The van der Waals surface area contributed by atoms with Crippen LogP contribution in [0.2, 0.25) is 0 Å². The van der Waals surface area contributed by atoms with E-state index in [4.69, 9.17) is 9.72 Å². The number of nitrogens with zero attached hydrogens (tertiary/aromatic N) is 4. The van der Waals surface area contributed by atoms with Gasteiger partial charge in [0.2, 0.25) is 0 Å². The molecule has 1 aliphatic heterocycles. The first kappa shape index (κ1) is 27.5. The molecule has 0 fully saturated rings. The van der Waals surface area contributed by atoms with Crippen LogP contribution in [0.15, 0.2) is 91.3 Å². The van der Waals surface area contributed by atoms with Crippen LogP contribution in [-0.2, 0) is 21.1 Å². The third kappa shape index (κ3) is 5.51. The SMILES string of the molecule is CN(C)c1ccnc(Oc2[c-]c(-c3[c-][c]4c(cc3)-c3cccc[c]3[Bi]4[c]3cc(N(C)C)ccn3)ccc2)c1.[Pt+2]. The second-order valence-electron chi connectivity index (χ2n) is 9.53. The van der Waals surface area contributed by atoms with Gasteiger partial charge in [0.05, 0.1) is 0 Å². The van der Waals surface area contributed by atoms with E-state index < -0.39 is 21.8 Å². The molecule has 0 saturated carbocycles. The zero-order valence-corrected chi connectivity index (χ0v) is 27.9. The van der Waals surface area contributed by atoms with E-state index in [0.717, 1.165) is 16.8 Å². The van der Waals surface area contributed by atoms with E-state index in [2.05, 4.69) is 90.7 Å². The molecule has 0 radical (unpaired) electrons. The molecule has 5 aromatic rings. The molecule has 3 heterocycles. The van der Waals surface area contributed by atoms with Crippen LogP contribution in [0.25, 0.3) is 22.3 Å². The van der Waals surface area contributed by atoms with Crippen LogP contribution in [0.4, 0.5) is 11.4 Å². The van der Waals surface area contributed by atoms with E-state index in [9.17, 15) is 0 Å². The van der Waals surface area contributed by atoms with Gasteiger partial charge in [0.1, 0.15) is 0 Å². The molecule has 0 spiro atoms. The molecular weight excluding hydrogens is 860 g/mol. The molecule has 0 bridgehead atoms.